The van der Waals surface area contributed by atoms with Crippen molar-refractivity contribution in [1.82, 2.24) is 0 Å². The third-order valence-electron chi connectivity index (χ3n) is 1.96. The van der Waals surface area contributed by atoms with Gasteiger partial charge in [0, 0.05) is 0 Å². The molecule has 0 fully saturated rings. The van der Waals surface area contributed by atoms with Gasteiger partial charge in [-0.2, -0.15) is 0 Å². The fourth-order valence-electron chi connectivity index (χ4n) is 1.07. The van der Waals surface area contributed by atoms with Crippen molar-refractivity contribution >= 4 is 12.4 Å². The van der Waals surface area contributed by atoms with Crippen molar-refractivity contribution in [2.45, 2.75) is 12.1 Å². The summed E-state index contributed by atoms with van der Waals surface area (Å²) in [5, 5.41) is 36.4. The zero-order valence-electron chi connectivity index (χ0n) is 7.87. The molecule has 0 heterocycles. The van der Waals surface area contributed by atoms with E-state index in [1.165, 1.54) is 18.2 Å². The van der Waals surface area contributed by atoms with E-state index in [-0.39, 0.29) is 30.5 Å². The van der Waals surface area contributed by atoms with Crippen LogP contribution in [0.1, 0.15) is 11.7 Å². The predicted octanol–water partition coefficient (Wildman–Crippen LogP) is -0.127. The summed E-state index contributed by atoms with van der Waals surface area (Å²) in [5.74, 6) is -0.592. The average molecular weight is 236 g/mol. The molecule has 5 nitrogen and oxygen atoms in total. The first kappa shape index (κ1) is 14.0. The predicted molar refractivity (Wildman–Crippen MR) is 57.0 cm³/mol. The summed E-state index contributed by atoms with van der Waals surface area (Å²) in [4.78, 5) is 0. The van der Waals surface area contributed by atoms with Crippen molar-refractivity contribution in [1.29, 1.82) is 0 Å². The Morgan fingerprint density at radius 1 is 1.20 bits per heavy atom. The number of phenolic OH excluding ortho intramolecular Hbond substituents is 2. The van der Waals surface area contributed by atoms with Crippen LogP contribution in [-0.2, 0) is 0 Å². The highest BCUT2D eigenvalue weighted by Gasteiger charge is 2.16. The van der Waals surface area contributed by atoms with Gasteiger partial charge in [0.2, 0.25) is 0 Å². The molecular formula is C9H14ClNO4. The second-order valence-electron chi connectivity index (χ2n) is 3.04. The van der Waals surface area contributed by atoms with Crippen LogP contribution in [0.2, 0.25) is 0 Å². The molecule has 0 bridgehead atoms. The summed E-state index contributed by atoms with van der Waals surface area (Å²) in [7, 11) is 0. The maximum Gasteiger partial charge on any atom is 0.157 e. The van der Waals surface area contributed by atoms with Gasteiger partial charge in [0.25, 0.3) is 0 Å². The summed E-state index contributed by atoms with van der Waals surface area (Å²) < 4.78 is 0. The van der Waals surface area contributed by atoms with Gasteiger partial charge in [0.05, 0.1) is 18.8 Å². The minimum absolute atomic E-state index is 0. The van der Waals surface area contributed by atoms with E-state index in [1.807, 2.05) is 0 Å². The molecule has 15 heavy (non-hydrogen) atoms. The van der Waals surface area contributed by atoms with Crippen molar-refractivity contribution in [2.24, 2.45) is 5.73 Å². The molecule has 2 unspecified atom stereocenters. The van der Waals surface area contributed by atoms with Crippen LogP contribution < -0.4 is 5.73 Å². The maximum atomic E-state index is 9.53. The summed E-state index contributed by atoms with van der Waals surface area (Å²) in [6.07, 6.45) is -1.06. The Hall–Kier alpha value is -1.01. The quantitative estimate of drug-likeness (QED) is 0.470. The maximum absolute atomic E-state index is 9.53. The first-order valence-electron chi connectivity index (χ1n) is 4.12. The second-order valence-corrected chi connectivity index (χ2v) is 3.04. The number of aromatic hydroxyl groups is 2. The lowest BCUT2D eigenvalue weighted by molar-refractivity contribution is 0.109. The van der Waals surface area contributed by atoms with Crippen LogP contribution in [-0.4, -0.2) is 33.1 Å². The molecule has 0 aliphatic carbocycles. The number of aliphatic hydroxyl groups is 2. The third kappa shape index (κ3) is 3.24. The number of hydrogen-bond acceptors (Lipinski definition) is 5. The first-order valence-corrected chi connectivity index (χ1v) is 4.12. The summed E-state index contributed by atoms with van der Waals surface area (Å²) in [5.41, 5.74) is 5.74. The number of phenols is 2. The number of aliphatic hydroxyl groups excluding tert-OH is 2. The van der Waals surface area contributed by atoms with Crippen molar-refractivity contribution in [3.63, 3.8) is 0 Å². The molecule has 0 spiro atoms. The molecule has 0 aliphatic heterocycles. The molecule has 6 heteroatoms. The number of benzene rings is 1. The topological polar surface area (TPSA) is 107 Å². The first-order chi connectivity index (χ1) is 6.56. The van der Waals surface area contributed by atoms with Crippen LogP contribution in [0.15, 0.2) is 18.2 Å². The molecule has 2 atom stereocenters. The molecule has 86 valence electrons. The van der Waals surface area contributed by atoms with E-state index in [0.717, 1.165) is 0 Å². The average Bonchev–Trinajstić information content (AvgIpc) is 2.20. The van der Waals surface area contributed by atoms with Crippen molar-refractivity contribution in [3.05, 3.63) is 23.8 Å². The fourth-order valence-corrected chi connectivity index (χ4v) is 1.07. The Balaban J connectivity index is 0.00000196. The van der Waals surface area contributed by atoms with Crippen molar-refractivity contribution < 1.29 is 20.4 Å². The molecule has 1 aromatic rings. The Kier molecular flexibility index (Phi) is 5.38. The minimum atomic E-state index is -1.06. The molecule has 0 saturated heterocycles. The monoisotopic (exact) mass is 235 g/mol. The number of rotatable bonds is 3. The van der Waals surface area contributed by atoms with Gasteiger partial charge in [-0.15, -0.1) is 12.4 Å². The SMILES string of the molecule is Cl.NC(CO)C(O)c1ccc(O)c(O)c1. The van der Waals surface area contributed by atoms with Crippen LogP contribution in [0.3, 0.4) is 0 Å². The highest BCUT2D eigenvalue weighted by atomic mass is 35.5. The number of hydrogen-bond donors (Lipinski definition) is 5. The zero-order valence-corrected chi connectivity index (χ0v) is 8.68. The van der Waals surface area contributed by atoms with Crippen LogP contribution >= 0.6 is 12.4 Å². The van der Waals surface area contributed by atoms with E-state index < -0.39 is 12.1 Å². The van der Waals surface area contributed by atoms with Gasteiger partial charge in [-0.05, 0) is 17.7 Å². The number of halogens is 1. The van der Waals surface area contributed by atoms with E-state index in [9.17, 15) is 5.11 Å². The molecular weight excluding hydrogens is 222 g/mol. The Morgan fingerprint density at radius 3 is 2.27 bits per heavy atom. The van der Waals surface area contributed by atoms with Gasteiger partial charge in [-0.1, -0.05) is 6.07 Å². The number of nitrogens with two attached hydrogens (primary N) is 1. The molecule has 0 saturated carbocycles. The summed E-state index contributed by atoms with van der Waals surface area (Å²) >= 11 is 0. The largest absolute Gasteiger partial charge is 0.504 e. The molecule has 0 aliphatic rings. The van der Waals surface area contributed by atoms with Crippen molar-refractivity contribution in [2.75, 3.05) is 6.61 Å². The van der Waals surface area contributed by atoms with Gasteiger partial charge in [-0.25, -0.2) is 0 Å². The van der Waals surface area contributed by atoms with E-state index in [4.69, 9.17) is 21.1 Å². The van der Waals surface area contributed by atoms with Gasteiger partial charge >= 0.3 is 0 Å². The van der Waals surface area contributed by atoms with Gasteiger partial charge < -0.3 is 26.2 Å². The zero-order chi connectivity index (χ0) is 10.7. The highest BCUT2D eigenvalue weighted by molar-refractivity contribution is 5.85. The molecule has 6 N–H and O–H groups in total. The summed E-state index contributed by atoms with van der Waals surface area (Å²) in [6.45, 7) is -0.358. The lowest BCUT2D eigenvalue weighted by atomic mass is 10.0. The normalized spacial score (nSPS) is 14.1. The van der Waals surface area contributed by atoms with Crippen LogP contribution in [0.4, 0.5) is 0 Å². The van der Waals surface area contributed by atoms with Crippen LogP contribution in [0.25, 0.3) is 0 Å². The Morgan fingerprint density at radius 2 is 1.80 bits per heavy atom. The van der Waals surface area contributed by atoms with E-state index in [0.29, 0.717) is 5.56 Å². The lowest BCUT2D eigenvalue weighted by Crippen LogP contribution is -2.31. The molecule has 0 radical (unpaired) electrons. The Labute approximate surface area is 93.2 Å². The minimum Gasteiger partial charge on any atom is -0.504 e. The molecule has 0 amide bonds. The molecule has 1 aromatic carbocycles. The van der Waals surface area contributed by atoms with Crippen molar-refractivity contribution in [3.8, 4) is 11.5 Å². The molecule has 0 aromatic heterocycles. The van der Waals surface area contributed by atoms with E-state index in [2.05, 4.69) is 0 Å². The highest BCUT2D eigenvalue weighted by Crippen LogP contribution is 2.28. The smallest absolute Gasteiger partial charge is 0.157 e. The Bertz CT molecular complexity index is 321. The second kappa shape index (κ2) is 5.77. The van der Waals surface area contributed by atoms with E-state index in [1.54, 1.807) is 0 Å². The summed E-state index contributed by atoms with van der Waals surface area (Å²) in [6, 6.07) is 3.07. The van der Waals surface area contributed by atoms with Crippen LogP contribution in [0, 0.1) is 0 Å². The van der Waals surface area contributed by atoms with Crippen LogP contribution in [0.5, 0.6) is 11.5 Å². The van der Waals surface area contributed by atoms with Gasteiger partial charge in [-0.3, -0.25) is 0 Å². The van der Waals surface area contributed by atoms with Gasteiger partial charge in [0.1, 0.15) is 0 Å². The standard InChI is InChI=1S/C9H13NO4.ClH/c10-6(4-11)9(14)5-1-2-7(12)8(13)3-5;/h1-3,6,9,11-14H,4,10H2;1H. The fraction of sp³-hybridized carbons (Fsp3) is 0.333. The third-order valence-corrected chi connectivity index (χ3v) is 1.96. The van der Waals surface area contributed by atoms with Gasteiger partial charge in [0.15, 0.2) is 11.5 Å². The lowest BCUT2D eigenvalue weighted by Gasteiger charge is -2.16. The van der Waals surface area contributed by atoms with E-state index >= 15 is 0 Å². The molecule has 1 rings (SSSR count).